The van der Waals surface area contributed by atoms with Crippen molar-refractivity contribution in [1.29, 1.82) is 0 Å². The molecule has 2 rings (SSSR count). The number of nitrogen functional groups attached to an aromatic ring is 1. The van der Waals surface area contributed by atoms with Gasteiger partial charge in [0.2, 0.25) is 0 Å². The molecule has 3 nitrogen and oxygen atoms in total. The molecule has 0 unspecified atom stereocenters. The molecule has 16 heavy (non-hydrogen) atoms. The Balaban J connectivity index is 2.24. The second-order valence-corrected chi connectivity index (χ2v) is 5.92. The molecular formula is C13H23N3. The number of aromatic nitrogens is 2. The van der Waals surface area contributed by atoms with Gasteiger partial charge in [0.1, 0.15) is 0 Å². The van der Waals surface area contributed by atoms with Crippen LogP contribution in [0.3, 0.4) is 0 Å². The number of nitrogens with zero attached hydrogens (tertiary/aromatic N) is 2. The van der Waals surface area contributed by atoms with Crippen molar-refractivity contribution in [2.45, 2.75) is 64.3 Å². The Kier molecular flexibility index (Phi) is 2.96. The third kappa shape index (κ3) is 2.23. The SMILES string of the molecule is CC(C)(C)n1cc(N)c(C2CCCCC2)n1. The molecule has 0 atom stereocenters. The maximum Gasteiger partial charge on any atom is 0.0884 e. The summed E-state index contributed by atoms with van der Waals surface area (Å²) >= 11 is 0. The topological polar surface area (TPSA) is 43.8 Å². The van der Waals surface area contributed by atoms with Crippen LogP contribution in [0, 0.1) is 0 Å². The molecule has 0 aliphatic heterocycles. The van der Waals surface area contributed by atoms with E-state index >= 15 is 0 Å². The van der Waals surface area contributed by atoms with Gasteiger partial charge in [0.15, 0.2) is 0 Å². The molecule has 0 spiro atoms. The van der Waals surface area contributed by atoms with Gasteiger partial charge >= 0.3 is 0 Å². The van der Waals surface area contributed by atoms with Crippen molar-refractivity contribution in [3.8, 4) is 0 Å². The summed E-state index contributed by atoms with van der Waals surface area (Å²) in [6, 6.07) is 0. The van der Waals surface area contributed by atoms with Crippen molar-refractivity contribution in [1.82, 2.24) is 9.78 Å². The zero-order valence-corrected chi connectivity index (χ0v) is 10.7. The van der Waals surface area contributed by atoms with E-state index in [1.165, 1.54) is 32.1 Å². The number of nitrogens with two attached hydrogens (primary N) is 1. The number of hydrogen-bond donors (Lipinski definition) is 1. The van der Waals surface area contributed by atoms with Crippen molar-refractivity contribution >= 4 is 5.69 Å². The van der Waals surface area contributed by atoms with Gasteiger partial charge in [0, 0.05) is 12.1 Å². The number of anilines is 1. The quantitative estimate of drug-likeness (QED) is 0.791. The Bertz CT molecular complexity index is 354. The molecule has 1 aliphatic rings. The molecule has 1 heterocycles. The molecule has 2 N–H and O–H groups in total. The molecule has 1 fully saturated rings. The third-order valence-electron chi connectivity index (χ3n) is 3.45. The van der Waals surface area contributed by atoms with Crippen molar-refractivity contribution in [2.75, 3.05) is 5.73 Å². The highest BCUT2D eigenvalue weighted by Gasteiger charge is 2.23. The fourth-order valence-corrected chi connectivity index (χ4v) is 2.44. The third-order valence-corrected chi connectivity index (χ3v) is 3.45. The summed E-state index contributed by atoms with van der Waals surface area (Å²) < 4.78 is 2.01. The van der Waals surface area contributed by atoms with Crippen LogP contribution in [0.4, 0.5) is 5.69 Å². The summed E-state index contributed by atoms with van der Waals surface area (Å²) in [5, 5.41) is 4.70. The van der Waals surface area contributed by atoms with Gasteiger partial charge in [-0.2, -0.15) is 5.10 Å². The minimum atomic E-state index is 0.0288. The second-order valence-electron chi connectivity index (χ2n) is 5.92. The first-order chi connectivity index (χ1) is 7.48. The maximum absolute atomic E-state index is 6.09. The standard InChI is InChI=1S/C13H23N3/c1-13(2,3)16-9-11(14)12(15-16)10-7-5-4-6-8-10/h9-10H,4-8,14H2,1-3H3. The largest absolute Gasteiger partial charge is 0.396 e. The van der Waals surface area contributed by atoms with Crippen LogP contribution in [0.5, 0.6) is 0 Å². The van der Waals surface area contributed by atoms with Crippen LogP contribution in [0.15, 0.2) is 6.20 Å². The predicted molar refractivity (Wildman–Crippen MR) is 67.5 cm³/mol. The van der Waals surface area contributed by atoms with E-state index in [0.717, 1.165) is 11.4 Å². The maximum atomic E-state index is 6.09. The zero-order chi connectivity index (χ0) is 11.8. The Morgan fingerprint density at radius 2 is 1.88 bits per heavy atom. The van der Waals surface area contributed by atoms with Gasteiger partial charge in [-0.15, -0.1) is 0 Å². The summed E-state index contributed by atoms with van der Waals surface area (Å²) in [5.41, 5.74) is 8.12. The van der Waals surface area contributed by atoms with Crippen LogP contribution in [0.1, 0.15) is 64.5 Å². The van der Waals surface area contributed by atoms with Crippen LogP contribution in [0.2, 0.25) is 0 Å². The van der Waals surface area contributed by atoms with Gasteiger partial charge in [-0.25, -0.2) is 0 Å². The average molecular weight is 221 g/mol. The molecule has 0 aromatic carbocycles. The van der Waals surface area contributed by atoms with E-state index in [1.54, 1.807) is 0 Å². The summed E-state index contributed by atoms with van der Waals surface area (Å²) in [6.45, 7) is 6.47. The molecule has 1 saturated carbocycles. The average Bonchev–Trinajstić information content (AvgIpc) is 2.61. The molecule has 0 radical (unpaired) electrons. The number of rotatable bonds is 1. The molecule has 1 aromatic heterocycles. The molecule has 3 heteroatoms. The molecule has 0 bridgehead atoms. The van der Waals surface area contributed by atoms with Crippen molar-refractivity contribution in [2.24, 2.45) is 0 Å². The lowest BCUT2D eigenvalue weighted by atomic mass is 9.86. The number of hydrogen-bond acceptors (Lipinski definition) is 2. The minimum absolute atomic E-state index is 0.0288. The van der Waals surface area contributed by atoms with Crippen LogP contribution < -0.4 is 5.73 Å². The van der Waals surface area contributed by atoms with E-state index in [-0.39, 0.29) is 5.54 Å². The highest BCUT2D eigenvalue weighted by atomic mass is 15.3. The summed E-state index contributed by atoms with van der Waals surface area (Å²) in [4.78, 5) is 0. The van der Waals surface area contributed by atoms with E-state index in [2.05, 4.69) is 20.8 Å². The van der Waals surface area contributed by atoms with Gasteiger partial charge in [-0.05, 0) is 33.6 Å². The zero-order valence-electron chi connectivity index (χ0n) is 10.7. The van der Waals surface area contributed by atoms with Crippen molar-refractivity contribution in [3.63, 3.8) is 0 Å². The summed E-state index contributed by atoms with van der Waals surface area (Å²) in [7, 11) is 0. The molecular weight excluding hydrogens is 198 g/mol. The van der Waals surface area contributed by atoms with E-state index in [9.17, 15) is 0 Å². The predicted octanol–water partition coefficient (Wildman–Crippen LogP) is 3.27. The van der Waals surface area contributed by atoms with Crippen LogP contribution in [0.25, 0.3) is 0 Å². The van der Waals surface area contributed by atoms with Crippen molar-refractivity contribution in [3.05, 3.63) is 11.9 Å². The van der Waals surface area contributed by atoms with E-state index in [4.69, 9.17) is 10.8 Å². The van der Waals surface area contributed by atoms with E-state index < -0.39 is 0 Å². The Labute approximate surface area is 98.0 Å². The highest BCUT2D eigenvalue weighted by Crippen LogP contribution is 2.35. The van der Waals surface area contributed by atoms with Crippen LogP contribution >= 0.6 is 0 Å². The molecule has 0 saturated heterocycles. The molecule has 1 aliphatic carbocycles. The smallest absolute Gasteiger partial charge is 0.0884 e. The molecule has 90 valence electrons. The Morgan fingerprint density at radius 1 is 1.25 bits per heavy atom. The van der Waals surface area contributed by atoms with Gasteiger partial charge in [0.25, 0.3) is 0 Å². The van der Waals surface area contributed by atoms with Crippen molar-refractivity contribution < 1.29 is 0 Å². The van der Waals surface area contributed by atoms with Crippen LogP contribution in [-0.4, -0.2) is 9.78 Å². The lowest BCUT2D eigenvalue weighted by Gasteiger charge is -2.21. The molecule has 0 amide bonds. The Hall–Kier alpha value is -0.990. The lowest BCUT2D eigenvalue weighted by molar-refractivity contribution is 0.346. The van der Waals surface area contributed by atoms with E-state index in [1.807, 2.05) is 10.9 Å². The highest BCUT2D eigenvalue weighted by molar-refractivity contribution is 5.43. The lowest BCUT2D eigenvalue weighted by Crippen LogP contribution is -2.22. The minimum Gasteiger partial charge on any atom is -0.396 e. The first kappa shape index (κ1) is 11.5. The fourth-order valence-electron chi connectivity index (χ4n) is 2.44. The molecule has 1 aromatic rings. The van der Waals surface area contributed by atoms with Crippen LogP contribution in [-0.2, 0) is 5.54 Å². The van der Waals surface area contributed by atoms with Gasteiger partial charge < -0.3 is 5.73 Å². The summed E-state index contributed by atoms with van der Waals surface area (Å²) in [5.74, 6) is 0.595. The second kappa shape index (κ2) is 4.11. The van der Waals surface area contributed by atoms with E-state index in [0.29, 0.717) is 5.92 Å². The summed E-state index contributed by atoms with van der Waals surface area (Å²) in [6.07, 6.45) is 8.52. The van der Waals surface area contributed by atoms with Gasteiger partial charge in [-0.3, -0.25) is 4.68 Å². The van der Waals surface area contributed by atoms with Gasteiger partial charge in [-0.1, -0.05) is 19.3 Å². The fraction of sp³-hybridized carbons (Fsp3) is 0.769. The first-order valence-electron chi connectivity index (χ1n) is 6.34. The van der Waals surface area contributed by atoms with Gasteiger partial charge in [0.05, 0.1) is 16.9 Å². The first-order valence-corrected chi connectivity index (χ1v) is 6.34. The monoisotopic (exact) mass is 221 g/mol. The Morgan fingerprint density at radius 3 is 2.38 bits per heavy atom. The normalized spacial score (nSPS) is 18.9.